The molecule has 2 aliphatic rings. The van der Waals surface area contributed by atoms with Crippen LogP contribution in [0.2, 0.25) is 5.02 Å². The maximum atomic E-state index is 15.3. The standard InChI is InChI=1S/C35H30ClF2N5O4/c1-47-27-14-19(13-20-17-43(23-7-8-23)42-31(20)27)32(44)40-18-35(46,21-5-3-2-4-6-21)28-16-22(34(11-12-34)33(39)45)15-26(41-28)24-9-10-25(37)29(36)30(24)38/h2-6,9-10,13-17,23,46H,7-8,11-12,18H2,1H3,(H2,39,45)(H,40,44)/t35-/m1/s1. The van der Waals surface area contributed by atoms with Crippen LogP contribution in [0.4, 0.5) is 8.78 Å². The lowest BCUT2D eigenvalue weighted by Crippen LogP contribution is -2.42. The van der Waals surface area contributed by atoms with Crippen molar-refractivity contribution in [1.29, 1.82) is 0 Å². The average Bonchev–Trinajstić information content (AvgIpc) is 4.03. The number of nitrogens with one attached hydrogen (secondary N) is 1. The van der Waals surface area contributed by atoms with Gasteiger partial charge in [0.1, 0.15) is 27.7 Å². The van der Waals surface area contributed by atoms with Crippen molar-refractivity contribution in [2.75, 3.05) is 13.7 Å². The molecular formula is C35H30ClF2N5O4. The van der Waals surface area contributed by atoms with Crippen LogP contribution in [0.1, 0.15) is 58.9 Å². The number of aromatic nitrogens is 3. The highest BCUT2D eigenvalue weighted by molar-refractivity contribution is 6.31. The number of nitrogens with two attached hydrogens (primary N) is 1. The van der Waals surface area contributed by atoms with Gasteiger partial charge >= 0.3 is 0 Å². The van der Waals surface area contributed by atoms with E-state index in [1.54, 1.807) is 48.5 Å². The van der Waals surface area contributed by atoms with Crippen molar-refractivity contribution in [2.24, 2.45) is 5.73 Å². The summed E-state index contributed by atoms with van der Waals surface area (Å²) in [5, 5.41) is 20.0. The molecule has 12 heteroatoms. The number of hydrogen-bond acceptors (Lipinski definition) is 6. The fourth-order valence-corrected chi connectivity index (χ4v) is 6.15. The fourth-order valence-electron chi connectivity index (χ4n) is 5.98. The number of fused-ring (bicyclic) bond motifs is 1. The van der Waals surface area contributed by atoms with Crippen molar-refractivity contribution in [1.82, 2.24) is 20.1 Å². The highest BCUT2D eigenvalue weighted by atomic mass is 35.5. The highest BCUT2D eigenvalue weighted by Gasteiger charge is 2.51. The summed E-state index contributed by atoms with van der Waals surface area (Å²) < 4.78 is 36.9. The van der Waals surface area contributed by atoms with E-state index in [4.69, 9.17) is 22.1 Å². The van der Waals surface area contributed by atoms with Gasteiger partial charge in [0, 0.05) is 22.7 Å². The number of carbonyl (C=O) groups is 2. The van der Waals surface area contributed by atoms with E-state index in [2.05, 4.69) is 15.4 Å². The first-order valence-corrected chi connectivity index (χ1v) is 15.5. The van der Waals surface area contributed by atoms with Gasteiger partial charge < -0.3 is 20.9 Å². The number of benzene rings is 3. The lowest BCUT2D eigenvalue weighted by atomic mass is 9.85. The Labute approximate surface area is 273 Å². The van der Waals surface area contributed by atoms with Gasteiger partial charge in [-0.3, -0.25) is 14.3 Å². The van der Waals surface area contributed by atoms with Crippen molar-refractivity contribution < 1.29 is 28.2 Å². The van der Waals surface area contributed by atoms with E-state index in [0.717, 1.165) is 24.3 Å². The monoisotopic (exact) mass is 657 g/mol. The zero-order valence-electron chi connectivity index (χ0n) is 25.3. The third-order valence-corrected chi connectivity index (χ3v) is 9.43. The van der Waals surface area contributed by atoms with E-state index in [9.17, 15) is 19.1 Å². The van der Waals surface area contributed by atoms with Crippen molar-refractivity contribution in [2.45, 2.75) is 42.7 Å². The van der Waals surface area contributed by atoms with Gasteiger partial charge in [0.05, 0.1) is 36.5 Å². The van der Waals surface area contributed by atoms with Crippen LogP contribution in [0, 0.1) is 11.6 Å². The number of nitrogens with zero attached hydrogens (tertiary/aromatic N) is 3. The summed E-state index contributed by atoms with van der Waals surface area (Å²) in [4.78, 5) is 30.9. The number of methoxy groups -OCH3 is 1. The number of carbonyl (C=O) groups excluding carboxylic acids is 2. The SMILES string of the molecule is COc1cc(C(=O)NC[C@@](O)(c2ccccc2)c2cc(C3(C(N)=O)CC3)cc(-c3ccc(F)c(Cl)c3F)n2)cc2cn(C3CC3)nc12. The van der Waals surface area contributed by atoms with E-state index < -0.39 is 39.5 Å². The Morgan fingerprint density at radius 2 is 1.87 bits per heavy atom. The molecule has 3 aromatic carbocycles. The molecular weight excluding hydrogens is 628 g/mol. The summed E-state index contributed by atoms with van der Waals surface area (Å²) in [6.45, 7) is -0.357. The lowest BCUT2D eigenvalue weighted by Gasteiger charge is -2.30. The van der Waals surface area contributed by atoms with Crippen LogP contribution < -0.4 is 15.8 Å². The van der Waals surface area contributed by atoms with E-state index in [0.29, 0.717) is 41.3 Å². The molecule has 0 aliphatic heterocycles. The third-order valence-electron chi connectivity index (χ3n) is 9.08. The quantitative estimate of drug-likeness (QED) is 0.169. The first-order chi connectivity index (χ1) is 22.5. The second kappa shape index (κ2) is 11.4. The second-order valence-corrected chi connectivity index (χ2v) is 12.5. The summed E-state index contributed by atoms with van der Waals surface area (Å²) >= 11 is 5.91. The maximum Gasteiger partial charge on any atom is 0.251 e. The summed E-state index contributed by atoms with van der Waals surface area (Å²) in [6.07, 6.45) is 4.86. The largest absolute Gasteiger partial charge is 0.494 e. The van der Waals surface area contributed by atoms with Crippen LogP contribution in [-0.2, 0) is 15.8 Å². The highest BCUT2D eigenvalue weighted by Crippen LogP contribution is 2.49. The van der Waals surface area contributed by atoms with Crippen LogP contribution >= 0.6 is 11.6 Å². The predicted molar refractivity (Wildman–Crippen MR) is 171 cm³/mol. The number of amides is 2. The molecule has 240 valence electrons. The van der Waals surface area contributed by atoms with Crippen LogP contribution in [0.25, 0.3) is 22.2 Å². The van der Waals surface area contributed by atoms with Crippen LogP contribution in [0.3, 0.4) is 0 Å². The zero-order chi connectivity index (χ0) is 33.1. The maximum absolute atomic E-state index is 15.3. The Hall–Kier alpha value is -4.87. The molecule has 47 heavy (non-hydrogen) atoms. The molecule has 0 radical (unpaired) electrons. The van der Waals surface area contributed by atoms with Crippen LogP contribution in [-0.4, -0.2) is 45.3 Å². The fraction of sp³-hybridized carbons (Fsp3) is 0.257. The van der Waals surface area contributed by atoms with Gasteiger partial charge in [-0.2, -0.15) is 5.10 Å². The van der Waals surface area contributed by atoms with Crippen molar-refractivity contribution in [3.8, 4) is 17.0 Å². The molecule has 0 spiro atoms. The molecule has 7 rings (SSSR count). The molecule has 1 atom stereocenters. The smallest absolute Gasteiger partial charge is 0.251 e. The molecule has 9 nitrogen and oxygen atoms in total. The zero-order valence-corrected chi connectivity index (χ0v) is 26.0. The molecule has 2 aliphatic carbocycles. The van der Waals surface area contributed by atoms with Crippen molar-refractivity contribution in [3.63, 3.8) is 0 Å². The number of primary amides is 1. The van der Waals surface area contributed by atoms with Gasteiger partial charge in [0.15, 0.2) is 5.82 Å². The van der Waals surface area contributed by atoms with Gasteiger partial charge in [0.2, 0.25) is 5.91 Å². The molecule has 2 heterocycles. The summed E-state index contributed by atoms with van der Waals surface area (Å²) in [5.41, 5.74) is 4.38. The molecule has 2 fully saturated rings. The number of pyridine rings is 1. The van der Waals surface area contributed by atoms with E-state index >= 15 is 4.39 Å². The van der Waals surface area contributed by atoms with E-state index in [-0.39, 0.29) is 29.1 Å². The van der Waals surface area contributed by atoms with Gasteiger partial charge in [0.25, 0.3) is 5.91 Å². The Morgan fingerprint density at radius 3 is 2.53 bits per heavy atom. The Bertz CT molecular complexity index is 2060. The predicted octanol–water partition coefficient (Wildman–Crippen LogP) is 5.56. The van der Waals surface area contributed by atoms with E-state index in [1.165, 1.54) is 19.2 Å². The minimum atomic E-state index is -1.97. The molecule has 2 saturated carbocycles. The minimum Gasteiger partial charge on any atom is -0.494 e. The van der Waals surface area contributed by atoms with Crippen molar-refractivity contribution >= 4 is 34.3 Å². The van der Waals surface area contributed by atoms with Gasteiger partial charge in [-0.1, -0.05) is 41.9 Å². The molecule has 5 aromatic rings. The molecule has 0 unspecified atom stereocenters. The number of rotatable bonds is 10. The lowest BCUT2D eigenvalue weighted by molar-refractivity contribution is -0.120. The summed E-state index contributed by atoms with van der Waals surface area (Å²) in [5.74, 6) is -2.63. The summed E-state index contributed by atoms with van der Waals surface area (Å²) in [7, 11) is 1.51. The number of halogens is 3. The van der Waals surface area contributed by atoms with Crippen LogP contribution in [0.5, 0.6) is 5.75 Å². The molecule has 4 N–H and O–H groups in total. The Morgan fingerprint density at radius 1 is 1.13 bits per heavy atom. The average molecular weight is 658 g/mol. The molecule has 0 bridgehead atoms. The Balaban J connectivity index is 1.31. The topological polar surface area (TPSA) is 132 Å². The minimum absolute atomic E-state index is 0.00738. The molecule has 2 amide bonds. The van der Waals surface area contributed by atoms with Crippen LogP contribution in [0.15, 0.2) is 72.9 Å². The normalized spacial score (nSPS) is 16.4. The Kier molecular flexibility index (Phi) is 7.48. The first-order valence-electron chi connectivity index (χ1n) is 15.1. The molecule has 2 aromatic heterocycles. The second-order valence-electron chi connectivity index (χ2n) is 12.2. The molecule has 0 saturated heterocycles. The third kappa shape index (κ3) is 5.39. The first kappa shape index (κ1) is 30.8. The van der Waals surface area contributed by atoms with Gasteiger partial charge in [-0.15, -0.1) is 0 Å². The summed E-state index contributed by atoms with van der Waals surface area (Å²) in [6, 6.07) is 17.4. The van der Waals surface area contributed by atoms with Gasteiger partial charge in [-0.25, -0.2) is 13.8 Å². The number of aliphatic hydroxyl groups is 1. The van der Waals surface area contributed by atoms with Crippen molar-refractivity contribution in [3.05, 3.63) is 112 Å². The number of ether oxygens (including phenoxy) is 1. The van der Waals surface area contributed by atoms with Gasteiger partial charge in [-0.05, 0) is 73.2 Å². The number of hydrogen-bond donors (Lipinski definition) is 3. The van der Waals surface area contributed by atoms with E-state index in [1.807, 2.05) is 10.9 Å².